The van der Waals surface area contributed by atoms with Crippen molar-refractivity contribution < 1.29 is 22.3 Å². The highest BCUT2D eigenvalue weighted by atomic mass is 32.2. The van der Waals surface area contributed by atoms with E-state index in [9.17, 15) is 17.6 Å². The van der Waals surface area contributed by atoms with Gasteiger partial charge in [0.25, 0.3) is 0 Å². The predicted octanol–water partition coefficient (Wildman–Crippen LogP) is 1.85. The fraction of sp³-hybridized carbons (Fsp3) is 0.350. The van der Waals surface area contributed by atoms with E-state index in [4.69, 9.17) is 4.74 Å². The average molecular weight is 421 g/mol. The number of nitrogens with zero attached hydrogens (tertiary/aromatic N) is 2. The van der Waals surface area contributed by atoms with Crippen molar-refractivity contribution >= 4 is 21.6 Å². The van der Waals surface area contributed by atoms with Crippen molar-refractivity contribution in [1.29, 1.82) is 0 Å². The summed E-state index contributed by atoms with van der Waals surface area (Å²) in [6.45, 7) is 3.68. The highest BCUT2D eigenvalue weighted by molar-refractivity contribution is 7.89. The van der Waals surface area contributed by atoms with Crippen molar-refractivity contribution in [2.24, 2.45) is 0 Å². The molecule has 1 fully saturated rings. The van der Waals surface area contributed by atoms with Gasteiger partial charge in [-0.1, -0.05) is 12.1 Å². The first-order valence-corrected chi connectivity index (χ1v) is 10.7. The molecule has 0 bridgehead atoms. The van der Waals surface area contributed by atoms with E-state index in [0.29, 0.717) is 26.2 Å². The molecule has 1 atom stereocenters. The van der Waals surface area contributed by atoms with Crippen LogP contribution < -0.4 is 14.4 Å². The quantitative estimate of drug-likeness (QED) is 0.770. The number of nitrogens with one attached hydrogen (secondary N) is 1. The van der Waals surface area contributed by atoms with Crippen molar-refractivity contribution in [1.82, 2.24) is 9.62 Å². The molecular weight excluding hydrogens is 397 g/mol. The Morgan fingerprint density at radius 1 is 1.07 bits per heavy atom. The van der Waals surface area contributed by atoms with E-state index in [1.54, 1.807) is 12.0 Å². The Kier molecular flexibility index (Phi) is 6.39. The molecule has 3 rings (SSSR count). The molecule has 1 saturated heterocycles. The number of halogens is 1. The molecule has 0 aromatic heterocycles. The van der Waals surface area contributed by atoms with Gasteiger partial charge in [-0.25, -0.2) is 12.8 Å². The van der Waals surface area contributed by atoms with E-state index in [0.717, 1.165) is 23.6 Å². The summed E-state index contributed by atoms with van der Waals surface area (Å²) < 4.78 is 45.6. The molecule has 156 valence electrons. The van der Waals surface area contributed by atoms with Crippen LogP contribution in [0.5, 0.6) is 5.75 Å². The van der Waals surface area contributed by atoms with E-state index in [-0.39, 0.29) is 10.8 Å². The molecule has 9 heteroatoms. The van der Waals surface area contributed by atoms with Crippen LogP contribution in [0.2, 0.25) is 0 Å². The van der Waals surface area contributed by atoms with Gasteiger partial charge in [0.05, 0.1) is 23.7 Å². The highest BCUT2D eigenvalue weighted by Crippen LogP contribution is 2.28. The SMILES string of the molecule is COc1ccccc1N1CCN(C(=O)[C@H](C)NS(=O)(=O)c2ccc(F)cc2)CC1. The summed E-state index contributed by atoms with van der Waals surface area (Å²) in [5.41, 5.74) is 0.965. The first kappa shape index (κ1) is 21.1. The molecule has 0 unspecified atom stereocenters. The molecule has 2 aromatic carbocycles. The van der Waals surface area contributed by atoms with Gasteiger partial charge in [-0.05, 0) is 43.3 Å². The van der Waals surface area contributed by atoms with Crippen LogP contribution in [0.25, 0.3) is 0 Å². The van der Waals surface area contributed by atoms with Crippen LogP contribution in [-0.4, -0.2) is 58.6 Å². The van der Waals surface area contributed by atoms with E-state index in [1.165, 1.54) is 19.1 Å². The summed E-state index contributed by atoms with van der Waals surface area (Å²) in [6, 6.07) is 11.2. The third kappa shape index (κ3) is 4.86. The standard InChI is InChI=1S/C20H24FN3O4S/c1-15(22-29(26,27)17-9-7-16(21)8-10-17)20(25)24-13-11-23(12-14-24)18-5-3-4-6-19(18)28-2/h3-10,15,22H,11-14H2,1-2H3/t15-/m0/s1. The Morgan fingerprint density at radius 3 is 2.31 bits per heavy atom. The van der Waals surface area contributed by atoms with Crippen molar-refractivity contribution in [3.8, 4) is 5.75 Å². The Labute approximate surface area is 170 Å². The van der Waals surface area contributed by atoms with Crippen LogP contribution in [0.15, 0.2) is 53.4 Å². The van der Waals surface area contributed by atoms with E-state index in [2.05, 4.69) is 9.62 Å². The summed E-state index contributed by atoms with van der Waals surface area (Å²) >= 11 is 0. The number of carbonyl (C=O) groups excluding carboxylic acids is 1. The van der Waals surface area contributed by atoms with Gasteiger partial charge in [0.15, 0.2) is 0 Å². The van der Waals surface area contributed by atoms with Crippen LogP contribution in [0, 0.1) is 5.82 Å². The lowest BCUT2D eigenvalue weighted by Crippen LogP contribution is -2.54. The lowest BCUT2D eigenvalue weighted by Gasteiger charge is -2.37. The summed E-state index contributed by atoms with van der Waals surface area (Å²) in [7, 11) is -2.30. The molecule has 0 aliphatic carbocycles. The summed E-state index contributed by atoms with van der Waals surface area (Å²) in [5, 5.41) is 0. The van der Waals surface area contributed by atoms with Crippen LogP contribution in [-0.2, 0) is 14.8 Å². The zero-order chi connectivity index (χ0) is 21.0. The van der Waals surface area contributed by atoms with E-state index in [1.807, 2.05) is 24.3 Å². The Bertz CT molecular complexity index is 958. The van der Waals surface area contributed by atoms with Gasteiger partial charge in [0, 0.05) is 26.2 Å². The second kappa shape index (κ2) is 8.79. The Balaban J connectivity index is 1.60. The first-order chi connectivity index (χ1) is 13.8. The molecule has 0 saturated carbocycles. The number of piperazine rings is 1. The fourth-order valence-corrected chi connectivity index (χ4v) is 4.49. The molecule has 7 nitrogen and oxygen atoms in total. The average Bonchev–Trinajstić information content (AvgIpc) is 2.73. The van der Waals surface area contributed by atoms with Gasteiger partial charge in [-0.3, -0.25) is 4.79 Å². The van der Waals surface area contributed by atoms with Crippen molar-refractivity contribution in [3.63, 3.8) is 0 Å². The smallest absolute Gasteiger partial charge is 0.241 e. The monoisotopic (exact) mass is 421 g/mol. The maximum atomic E-state index is 13.0. The van der Waals surface area contributed by atoms with Crippen LogP contribution >= 0.6 is 0 Å². The van der Waals surface area contributed by atoms with Crippen molar-refractivity contribution in [2.45, 2.75) is 17.9 Å². The lowest BCUT2D eigenvalue weighted by atomic mass is 10.2. The molecule has 1 aliphatic heterocycles. The Hall–Kier alpha value is -2.65. The number of amides is 1. The Morgan fingerprint density at radius 2 is 1.69 bits per heavy atom. The van der Waals surface area contributed by atoms with Gasteiger partial charge >= 0.3 is 0 Å². The van der Waals surface area contributed by atoms with Gasteiger partial charge in [-0.15, -0.1) is 0 Å². The largest absolute Gasteiger partial charge is 0.495 e. The maximum Gasteiger partial charge on any atom is 0.241 e. The van der Waals surface area contributed by atoms with E-state index < -0.39 is 21.9 Å². The zero-order valence-corrected chi connectivity index (χ0v) is 17.2. The highest BCUT2D eigenvalue weighted by Gasteiger charge is 2.29. The summed E-state index contributed by atoms with van der Waals surface area (Å²) in [6.07, 6.45) is 0. The van der Waals surface area contributed by atoms with Gasteiger partial charge in [0.2, 0.25) is 15.9 Å². The number of para-hydroxylation sites is 2. The molecule has 1 amide bonds. The number of methoxy groups -OCH3 is 1. The molecule has 1 heterocycles. The number of benzene rings is 2. The lowest BCUT2D eigenvalue weighted by molar-refractivity contribution is -0.132. The molecule has 1 aliphatic rings. The number of hydrogen-bond acceptors (Lipinski definition) is 5. The number of ether oxygens (including phenoxy) is 1. The normalized spacial score (nSPS) is 15.8. The van der Waals surface area contributed by atoms with Crippen LogP contribution in [0.1, 0.15) is 6.92 Å². The van der Waals surface area contributed by atoms with Crippen LogP contribution in [0.3, 0.4) is 0 Å². The number of sulfonamides is 1. The maximum absolute atomic E-state index is 13.0. The fourth-order valence-electron chi connectivity index (χ4n) is 3.30. The predicted molar refractivity (Wildman–Crippen MR) is 108 cm³/mol. The van der Waals surface area contributed by atoms with Crippen molar-refractivity contribution in [2.75, 3.05) is 38.2 Å². The minimum Gasteiger partial charge on any atom is -0.495 e. The molecule has 0 radical (unpaired) electrons. The minimum absolute atomic E-state index is 0.0838. The first-order valence-electron chi connectivity index (χ1n) is 9.26. The van der Waals surface area contributed by atoms with E-state index >= 15 is 0 Å². The van der Waals surface area contributed by atoms with Gasteiger partial charge in [0.1, 0.15) is 11.6 Å². The third-order valence-electron chi connectivity index (χ3n) is 4.84. The number of anilines is 1. The molecule has 0 spiro atoms. The zero-order valence-electron chi connectivity index (χ0n) is 16.3. The molecular formula is C20H24FN3O4S. The number of rotatable bonds is 6. The van der Waals surface area contributed by atoms with Crippen LogP contribution in [0.4, 0.5) is 10.1 Å². The van der Waals surface area contributed by atoms with Gasteiger partial charge in [-0.2, -0.15) is 4.72 Å². The third-order valence-corrected chi connectivity index (χ3v) is 6.40. The molecule has 1 N–H and O–H groups in total. The minimum atomic E-state index is -3.91. The van der Waals surface area contributed by atoms with Crippen molar-refractivity contribution in [3.05, 3.63) is 54.3 Å². The molecule has 2 aromatic rings. The number of carbonyl (C=O) groups is 1. The topological polar surface area (TPSA) is 79.0 Å². The number of hydrogen-bond donors (Lipinski definition) is 1. The molecule has 29 heavy (non-hydrogen) atoms. The second-order valence-corrected chi connectivity index (χ2v) is 8.50. The van der Waals surface area contributed by atoms with Gasteiger partial charge < -0.3 is 14.5 Å². The second-order valence-electron chi connectivity index (χ2n) is 6.78. The summed E-state index contributed by atoms with van der Waals surface area (Å²) in [5.74, 6) is -0.0518. The summed E-state index contributed by atoms with van der Waals surface area (Å²) in [4.78, 5) is 16.4.